The number of likely N-dealkylation sites (tertiary alicyclic amines) is 1. The van der Waals surface area contributed by atoms with Crippen molar-refractivity contribution in [2.45, 2.75) is 46.2 Å². The normalized spacial score (nSPS) is 23.6. The Labute approximate surface area is 211 Å². The highest BCUT2D eigenvalue weighted by Gasteiger charge is 2.24. The van der Waals surface area contributed by atoms with Crippen LogP contribution in [0.1, 0.15) is 50.4 Å². The van der Waals surface area contributed by atoms with Crippen LogP contribution >= 0.6 is 11.6 Å². The molecule has 35 heavy (non-hydrogen) atoms. The number of nitrogens with zero attached hydrogens (tertiary/aromatic N) is 2. The highest BCUT2D eigenvalue weighted by Crippen LogP contribution is 2.27. The molecule has 1 aromatic rings. The number of piperidine rings is 1. The van der Waals surface area contributed by atoms with Crippen LogP contribution in [-0.4, -0.2) is 61.4 Å². The number of benzene rings is 1. The highest BCUT2D eigenvalue weighted by atomic mass is 35.5. The van der Waals surface area contributed by atoms with E-state index >= 15 is 0 Å². The maximum atomic E-state index is 12.2. The number of carbonyl (C=O) groups excluding carboxylic acids is 1. The van der Waals surface area contributed by atoms with Gasteiger partial charge < -0.3 is 15.7 Å². The molecule has 6 nitrogen and oxygen atoms in total. The quantitative estimate of drug-likeness (QED) is 0.486. The molecule has 0 aliphatic carbocycles. The van der Waals surface area contributed by atoms with E-state index in [0.717, 1.165) is 73.3 Å². The number of rotatable bonds is 2. The van der Waals surface area contributed by atoms with E-state index in [9.17, 15) is 13.6 Å². The zero-order chi connectivity index (χ0) is 26.0. The molecular weight excluding hydrogens is 474 g/mol. The summed E-state index contributed by atoms with van der Waals surface area (Å²) in [5.41, 5.74) is 4.64. The minimum absolute atomic E-state index is 0.0985. The van der Waals surface area contributed by atoms with Crippen molar-refractivity contribution in [1.29, 1.82) is 0 Å². The van der Waals surface area contributed by atoms with Crippen LogP contribution in [0.5, 0.6) is 5.75 Å². The predicted octanol–water partition coefficient (Wildman–Crippen LogP) is 5.07. The molecule has 3 aliphatic heterocycles. The Morgan fingerprint density at radius 3 is 2.57 bits per heavy atom. The Morgan fingerprint density at radius 2 is 2.06 bits per heavy atom. The molecule has 3 N–H and O–H groups in total. The van der Waals surface area contributed by atoms with Gasteiger partial charge in [0.1, 0.15) is 23.6 Å². The van der Waals surface area contributed by atoms with Gasteiger partial charge in [0.25, 0.3) is 0 Å². The fourth-order valence-corrected chi connectivity index (χ4v) is 3.88. The average Bonchev–Trinajstić information content (AvgIpc) is 3.19. The lowest BCUT2D eigenvalue weighted by Gasteiger charge is -2.18. The maximum absolute atomic E-state index is 12.2. The van der Waals surface area contributed by atoms with Crippen LogP contribution < -0.4 is 10.6 Å². The molecule has 3 heterocycles. The summed E-state index contributed by atoms with van der Waals surface area (Å²) in [5.74, 6) is 0.0801. The van der Waals surface area contributed by atoms with Crippen LogP contribution in [0.4, 0.5) is 8.78 Å². The van der Waals surface area contributed by atoms with Gasteiger partial charge in [0.15, 0.2) is 6.29 Å². The minimum atomic E-state index is -0.575. The Balaban J connectivity index is 0.000000212. The third kappa shape index (κ3) is 8.87. The molecule has 4 rings (SSSR count). The van der Waals surface area contributed by atoms with Crippen molar-refractivity contribution in [3.63, 3.8) is 0 Å². The molecule has 0 radical (unpaired) electrons. The first-order chi connectivity index (χ1) is 16.7. The lowest BCUT2D eigenvalue weighted by Crippen LogP contribution is -2.30. The van der Waals surface area contributed by atoms with E-state index in [-0.39, 0.29) is 11.3 Å². The molecule has 0 bridgehead atoms. The number of likely N-dealkylation sites (N-methyl/N-ethyl adjacent to an activating group) is 1. The number of aliphatic imine (C=N–C) groups is 1. The largest absolute Gasteiger partial charge is 0.507 e. The lowest BCUT2D eigenvalue weighted by molar-refractivity contribution is 0.112. The van der Waals surface area contributed by atoms with Crippen molar-refractivity contribution < 1.29 is 18.7 Å². The zero-order valence-corrected chi connectivity index (χ0v) is 21.6. The van der Waals surface area contributed by atoms with Crippen molar-refractivity contribution in [3.8, 4) is 5.75 Å². The van der Waals surface area contributed by atoms with E-state index in [2.05, 4.69) is 40.6 Å². The highest BCUT2D eigenvalue weighted by molar-refractivity contribution is 6.43. The van der Waals surface area contributed by atoms with Gasteiger partial charge in [-0.3, -0.25) is 9.69 Å². The summed E-state index contributed by atoms with van der Waals surface area (Å²) < 4.78 is 24.3. The number of halogens is 3. The van der Waals surface area contributed by atoms with Crippen LogP contribution in [-0.2, 0) is 0 Å². The second-order valence-corrected chi connectivity index (χ2v) is 9.04. The summed E-state index contributed by atoms with van der Waals surface area (Å²) in [4.78, 5) is 16.9. The first-order valence-corrected chi connectivity index (χ1v) is 12.1. The van der Waals surface area contributed by atoms with Gasteiger partial charge in [0.05, 0.1) is 16.3 Å². The lowest BCUT2D eigenvalue weighted by atomic mass is 10.1. The van der Waals surface area contributed by atoms with Crippen LogP contribution in [0.15, 0.2) is 57.0 Å². The number of phenols is 1. The van der Waals surface area contributed by atoms with Crippen molar-refractivity contribution in [1.82, 2.24) is 15.5 Å². The molecule has 192 valence electrons. The Morgan fingerprint density at radius 1 is 1.31 bits per heavy atom. The van der Waals surface area contributed by atoms with E-state index < -0.39 is 12.0 Å². The first-order valence-electron chi connectivity index (χ1n) is 11.7. The first kappa shape index (κ1) is 28.7. The smallest absolute Gasteiger partial charge is 0.153 e. The topological polar surface area (TPSA) is 77.0 Å². The number of hydrogen-bond donors (Lipinski definition) is 3. The van der Waals surface area contributed by atoms with Gasteiger partial charge in [-0.25, -0.2) is 13.8 Å². The van der Waals surface area contributed by atoms with Crippen LogP contribution in [0.2, 0.25) is 0 Å². The number of carbonyl (C=O) groups is 1. The summed E-state index contributed by atoms with van der Waals surface area (Å²) in [6.45, 7) is 9.62. The Kier molecular flexibility index (Phi) is 11.6. The van der Waals surface area contributed by atoms with E-state index in [4.69, 9.17) is 16.7 Å². The van der Waals surface area contributed by atoms with Crippen molar-refractivity contribution in [3.05, 3.63) is 63.4 Å². The molecule has 1 atom stereocenters. The predicted molar refractivity (Wildman–Crippen MR) is 138 cm³/mol. The molecule has 0 amide bonds. The molecule has 2 saturated heterocycles. The number of nitrogens with one attached hydrogen (secondary N) is 2. The molecule has 0 saturated carbocycles. The number of alkyl halides is 1. The second kappa shape index (κ2) is 14.1. The summed E-state index contributed by atoms with van der Waals surface area (Å²) >= 11 is 6.15. The summed E-state index contributed by atoms with van der Waals surface area (Å²) in [6, 6.07) is 3.23. The fourth-order valence-electron chi connectivity index (χ4n) is 3.79. The number of aromatic hydroxyl groups is 1. The Bertz CT molecular complexity index is 1010. The molecular formula is C26H35ClF2N4O2. The van der Waals surface area contributed by atoms with Crippen LogP contribution in [0.25, 0.3) is 0 Å². The van der Waals surface area contributed by atoms with E-state index in [1.165, 1.54) is 17.2 Å². The zero-order valence-electron chi connectivity index (χ0n) is 20.8. The monoisotopic (exact) mass is 508 g/mol. The molecule has 3 aliphatic rings. The van der Waals surface area contributed by atoms with Gasteiger partial charge >= 0.3 is 0 Å². The van der Waals surface area contributed by atoms with Gasteiger partial charge in [0, 0.05) is 37.0 Å². The summed E-state index contributed by atoms with van der Waals surface area (Å²) in [7, 11) is 2.13. The molecule has 1 unspecified atom stereocenters. The second-order valence-electron chi connectivity index (χ2n) is 8.66. The Hall–Kier alpha value is -2.55. The summed E-state index contributed by atoms with van der Waals surface area (Å²) in [5, 5.41) is 15.8. The molecule has 1 aromatic carbocycles. The van der Waals surface area contributed by atoms with E-state index in [1.54, 1.807) is 0 Å². The van der Waals surface area contributed by atoms with Gasteiger partial charge in [0.2, 0.25) is 0 Å². The van der Waals surface area contributed by atoms with Crippen molar-refractivity contribution in [2.75, 3.05) is 33.2 Å². The summed E-state index contributed by atoms with van der Waals surface area (Å²) in [6.07, 6.45) is 4.99. The number of hydrogen-bond acceptors (Lipinski definition) is 6. The van der Waals surface area contributed by atoms with Gasteiger partial charge in [-0.15, -0.1) is 0 Å². The standard InChI is InChI=1S/C14H20ClN3.C7H5FO2.C5H10FN/c1-5-6-11-7-18(4)8-12(11)14-16-9(2)13(15)10(3)17-14;8-6-2-1-5(4-9)7(10)3-6;6-5-2-1-3-7-4-5/h6,16H,5,7-8H2,1-4H3;1-4,10H;5,7H,1-4H2/b11-6-,14-12+;;. The van der Waals surface area contributed by atoms with Gasteiger partial charge in [-0.05, 0) is 64.4 Å². The number of aldehydes is 1. The van der Waals surface area contributed by atoms with Crippen molar-refractivity contribution >= 4 is 23.6 Å². The molecule has 9 heteroatoms. The third-order valence-electron chi connectivity index (χ3n) is 5.58. The van der Waals surface area contributed by atoms with Crippen molar-refractivity contribution in [2.24, 2.45) is 4.99 Å². The fraction of sp³-hybridized carbons (Fsp3) is 0.462. The van der Waals surface area contributed by atoms with Gasteiger partial charge in [-0.2, -0.15) is 0 Å². The number of allylic oxidation sites excluding steroid dienone is 3. The van der Waals surface area contributed by atoms with E-state index in [1.807, 2.05) is 13.8 Å². The molecule has 0 aromatic heterocycles. The number of phenolic OH excluding ortho intramolecular Hbond substituents is 1. The minimum Gasteiger partial charge on any atom is -0.507 e. The molecule has 2 fully saturated rings. The van der Waals surface area contributed by atoms with E-state index in [0.29, 0.717) is 12.8 Å². The SMILES string of the molecule is CC/C=C1/CN(C)C/C1=C1\N=C(C)C(Cl)=C(C)N1.FC1CCCNC1.O=Cc1ccc(F)cc1O. The maximum Gasteiger partial charge on any atom is 0.153 e. The van der Waals surface area contributed by atoms with Crippen LogP contribution in [0, 0.1) is 5.82 Å². The third-order valence-corrected chi connectivity index (χ3v) is 6.14. The van der Waals surface area contributed by atoms with Crippen LogP contribution in [0.3, 0.4) is 0 Å². The molecule has 0 spiro atoms. The average molecular weight is 509 g/mol. The van der Waals surface area contributed by atoms with Gasteiger partial charge in [-0.1, -0.05) is 24.6 Å².